The van der Waals surface area contributed by atoms with E-state index in [2.05, 4.69) is 10.4 Å². The molecule has 1 aromatic heterocycles. The second-order valence-electron chi connectivity index (χ2n) is 4.35. The summed E-state index contributed by atoms with van der Waals surface area (Å²) < 4.78 is 6.85. The molecule has 0 amide bonds. The predicted molar refractivity (Wildman–Crippen MR) is 61.2 cm³/mol. The molecule has 2 heterocycles. The van der Waals surface area contributed by atoms with Crippen LogP contribution < -0.4 is 11.1 Å². The molecule has 1 aliphatic rings. The standard InChI is InChI=1S/C10H18N4O2/c1-7-8(11)9(14(2)13-7)12-5-10(15)3-4-16-6-10/h12,15H,3-6,11H2,1-2H3. The van der Waals surface area contributed by atoms with E-state index in [-0.39, 0.29) is 0 Å². The molecule has 0 bridgehead atoms. The van der Waals surface area contributed by atoms with Crippen molar-refractivity contribution in [3.8, 4) is 0 Å². The van der Waals surface area contributed by atoms with Crippen LogP contribution in [0.15, 0.2) is 0 Å². The smallest absolute Gasteiger partial charge is 0.147 e. The average molecular weight is 226 g/mol. The summed E-state index contributed by atoms with van der Waals surface area (Å²) in [5.41, 5.74) is 6.51. The van der Waals surface area contributed by atoms with Gasteiger partial charge in [0.05, 0.1) is 18.0 Å². The number of anilines is 2. The van der Waals surface area contributed by atoms with Gasteiger partial charge >= 0.3 is 0 Å². The maximum absolute atomic E-state index is 10.1. The van der Waals surface area contributed by atoms with E-state index >= 15 is 0 Å². The summed E-state index contributed by atoms with van der Waals surface area (Å²) >= 11 is 0. The molecule has 4 N–H and O–H groups in total. The molecule has 1 aliphatic heterocycles. The number of nitrogen functional groups attached to an aromatic ring is 1. The van der Waals surface area contributed by atoms with Crippen LogP contribution in [0.2, 0.25) is 0 Å². The van der Waals surface area contributed by atoms with E-state index in [9.17, 15) is 5.11 Å². The van der Waals surface area contributed by atoms with E-state index < -0.39 is 5.60 Å². The lowest BCUT2D eigenvalue weighted by Gasteiger charge is -2.21. The molecular formula is C10H18N4O2. The summed E-state index contributed by atoms with van der Waals surface area (Å²) in [4.78, 5) is 0. The van der Waals surface area contributed by atoms with Crippen molar-refractivity contribution in [2.24, 2.45) is 7.05 Å². The zero-order chi connectivity index (χ0) is 11.8. The van der Waals surface area contributed by atoms with Crippen LogP contribution in [0.1, 0.15) is 12.1 Å². The molecule has 0 spiro atoms. The highest BCUT2D eigenvalue weighted by atomic mass is 16.5. The van der Waals surface area contributed by atoms with Crippen LogP contribution in [0.4, 0.5) is 11.5 Å². The predicted octanol–water partition coefficient (Wildman–Crippen LogP) is -0.126. The number of nitrogens with zero attached hydrogens (tertiary/aromatic N) is 2. The Morgan fingerprint density at radius 1 is 1.69 bits per heavy atom. The first kappa shape index (κ1) is 11.2. The number of hydrogen-bond donors (Lipinski definition) is 3. The summed E-state index contributed by atoms with van der Waals surface area (Å²) in [5.74, 6) is 0.748. The third-order valence-corrected chi connectivity index (χ3v) is 2.94. The van der Waals surface area contributed by atoms with Gasteiger partial charge in [-0.3, -0.25) is 4.68 Å². The Morgan fingerprint density at radius 3 is 2.94 bits per heavy atom. The minimum atomic E-state index is -0.787. The van der Waals surface area contributed by atoms with E-state index in [1.165, 1.54) is 0 Å². The summed E-state index contributed by atoms with van der Waals surface area (Å²) in [5, 5.41) is 17.4. The lowest BCUT2D eigenvalue weighted by molar-refractivity contribution is 0.0381. The van der Waals surface area contributed by atoms with Gasteiger partial charge in [-0.1, -0.05) is 0 Å². The Kier molecular flexibility index (Phi) is 2.77. The minimum Gasteiger partial charge on any atom is -0.394 e. The average Bonchev–Trinajstić information content (AvgIpc) is 2.73. The highest BCUT2D eigenvalue weighted by molar-refractivity contribution is 5.64. The van der Waals surface area contributed by atoms with Crippen LogP contribution in [0.5, 0.6) is 0 Å². The van der Waals surface area contributed by atoms with Gasteiger partial charge in [-0.25, -0.2) is 0 Å². The van der Waals surface area contributed by atoms with Crippen LogP contribution in [0.25, 0.3) is 0 Å². The number of aromatic nitrogens is 2. The van der Waals surface area contributed by atoms with Gasteiger partial charge in [0.25, 0.3) is 0 Å². The summed E-state index contributed by atoms with van der Waals surface area (Å²) in [7, 11) is 1.82. The minimum absolute atomic E-state index is 0.372. The number of nitrogens with one attached hydrogen (secondary N) is 1. The van der Waals surface area contributed by atoms with Gasteiger partial charge in [-0.15, -0.1) is 0 Å². The van der Waals surface area contributed by atoms with Crippen LogP contribution in [0, 0.1) is 6.92 Å². The maximum atomic E-state index is 10.1. The first-order valence-electron chi connectivity index (χ1n) is 5.35. The molecule has 16 heavy (non-hydrogen) atoms. The number of hydrogen-bond acceptors (Lipinski definition) is 5. The molecule has 0 aromatic carbocycles. The largest absolute Gasteiger partial charge is 0.394 e. The third-order valence-electron chi connectivity index (χ3n) is 2.94. The molecule has 1 saturated heterocycles. The van der Waals surface area contributed by atoms with Crippen molar-refractivity contribution in [1.82, 2.24) is 9.78 Å². The topological polar surface area (TPSA) is 85.3 Å². The third kappa shape index (κ3) is 1.98. The maximum Gasteiger partial charge on any atom is 0.147 e. The molecular weight excluding hydrogens is 208 g/mol. The van der Waals surface area contributed by atoms with Gasteiger partial charge in [0, 0.05) is 26.6 Å². The molecule has 90 valence electrons. The summed E-state index contributed by atoms with van der Waals surface area (Å²) in [6.07, 6.45) is 0.650. The van der Waals surface area contributed by atoms with Crippen molar-refractivity contribution in [2.75, 3.05) is 30.8 Å². The van der Waals surface area contributed by atoms with E-state index in [1.807, 2.05) is 14.0 Å². The zero-order valence-corrected chi connectivity index (χ0v) is 9.66. The van der Waals surface area contributed by atoms with E-state index in [0.29, 0.717) is 31.9 Å². The Hall–Kier alpha value is -1.27. The van der Waals surface area contributed by atoms with Crippen LogP contribution >= 0.6 is 0 Å². The van der Waals surface area contributed by atoms with Gasteiger partial charge in [-0.2, -0.15) is 5.10 Å². The monoisotopic (exact) mass is 226 g/mol. The molecule has 6 nitrogen and oxygen atoms in total. The summed E-state index contributed by atoms with van der Waals surface area (Å²) in [6.45, 7) is 3.26. The van der Waals surface area contributed by atoms with Crippen LogP contribution in [-0.4, -0.2) is 40.2 Å². The van der Waals surface area contributed by atoms with Crippen molar-refractivity contribution >= 4 is 11.5 Å². The molecule has 1 atom stereocenters. The normalized spacial score (nSPS) is 24.9. The molecule has 1 unspecified atom stereocenters. The summed E-state index contributed by atoms with van der Waals surface area (Å²) in [6, 6.07) is 0. The number of nitrogens with two attached hydrogens (primary N) is 1. The lowest BCUT2D eigenvalue weighted by Crippen LogP contribution is -2.37. The second kappa shape index (κ2) is 3.95. The van der Waals surface area contributed by atoms with Crippen LogP contribution in [0.3, 0.4) is 0 Å². The first-order valence-corrected chi connectivity index (χ1v) is 5.35. The van der Waals surface area contributed by atoms with E-state index in [1.54, 1.807) is 4.68 Å². The fraction of sp³-hybridized carbons (Fsp3) is 0.700. The number of ether oxygens (including phenoxy) is 1. The van der Waals surface area contributed by atoms with Gasteiger partial charge in [0.2, 0.25) is 0 Å². The highest BCUT2D eigenvalue weighted by Gasteiger charge is 2.32. The van der Waals surface area contributed by atoms with Gasteiger partial charge in [0.15, 0.2) is 0 Å². The van der Waals surface area contributed by atoms with E-state index in [4.69, 9.17) is 10.5 Å². The highest BCUT2D eigenvalue weighted by Crippen LogP contribution is 2.24. The Labute approximate surface area is 94.4 Å². The zero-order valence-electron chi connectivity index (χ0n) is 9.66. The van der Waals surface area contributed by atoms with Crippen LogP contribution in [-0.2, 0) is 11.8 Å². The Morgan fingerprint density at radius 2 is 2.44 bits per heavy atom. The Bertz CT molecular complexity index is 382. The van der Waals surface area contributed by atoms with Crippen molar-refractivity contribution in [2.45, 2.75) is 18.9 Å². The molecule has 1 aromatic rings. The van der Waals surface area contributed by atoms with Gasteiger partial charge < -0.3 is 20.9 Å². The van der Waals surface area contributed by atoms with E-state index in [0.717, 1.165) is 11.5 Å². The quantitative estimate of drug-likeness (QED) is 0.668. The van der Waals surface area contributed by atoms with Gasteiger partial charge in [-0.05, 0) is 6.92 Å². The van der Waals surface area contributed by atoms with Crippen molar-refractivity contribution in [3.63, 3.8) is 0 Å². The SMILES string of the molecule is Cc1nn(C)c(NCC2(O)CCOC2)c1N. The molecule has 0 aliphatic carbocycles. The number of rotatable bonds is 3. The fourth-order valence-electron chi connectivity index (χ4n) is 1.87. The van der Waals surface area contributed by atoms with Crippen molar-refractivity contribution in [3.05, 3.63) is 5.69 Å². The Balaban J connectivity index is 2.04. The fourth-order valence-corrected chi connectivity index (χ4v) is 1.87. The number of aryl methyl sites for hydroxylation is 2. The number of aliphatic hydroxyl groups is 1. The molecule has 6 heteroatoms. The van der Waals surface area contributed by atoms with Crippen molar-refractivity contribution in [1.29, 1.82) is 0 Å². The molecule has 0 radical (unpaired) electrons. The molecule has 0 saturated carbocycles. The molecule has 2 rings (SSSR count). The molecule has 1 fully saturated rings. The van der Waals surface area contributed by atoms with Crippen molar-refractivity contribution < 1.29 is 9.84 Å². The first-order chi connectivity index (χ1) is 7.52. The lowest BCUT2D eigenvalue weighted by atomic mass is 10.0. The second-order valence-corrected chi connectivity index (χ2v) is 4.35. The van der Waals surface area contributed by atoms with Gasteiger partial charge in [0.1, 0.15) is 11.4 Å².